The van der Waals surface area contributed by atoms with Gasteiger partial charge in [0.15, 0.2) is 5.78 Å². The van der Waals surface area contributed by atoms with Crippen LogP contribution in [0, 0.1) is 0 Å². The van der Waals surface area contributed by atoms with Crippen molar-refractivity contribution in [3.8, 4) is 0 Å². The van der Waals surface area contributed by atoms with E-state index in [0.29, 0.717) is 24.6 Å². The van der Waals surface area contributed by atoms with Crippen LogP contribution < -0.4 is 5.73 Å². The number of ketones is 1. The molecule has 0 rings (SSSR count). The Bertz CT molecular complexity index is 688. The first-order valence-electron chi connectivity index (χ1n) is 11.4. The second-order valence-electron chi connectivity index (χ2n) is 7.70. The number of carboxylic acids is 1. The van der Waals surface area contributed by atoms with Crippen molar-refractivity contribution in [3.63, 3.8) is 0 Å². The lowest BCUT2D eigenvalue weighted by atomic mass is 9.99. The molecule has 0 saturated heterocycles. The Balaban J connectivity index is 4.13. The van der Waals surface area contributed by atoms with Gasteiger partial charge >= 0.3 is 17.7 Å². The summed E-state index contributed by atoms with van der Waals surface area (Å²) >= 11 is 0.399. The highest BCUT2D eigenvalue weighted by atomic mass is 32.2. The Hall–Kier alpha value is -1.80. The summed E-state index contributed by atoms with van der Waals surface area (Å²) in [5.41, 5.74) is 4.64. The standard InChI is InChI=1S/C25H38F3NO3S/c1-3-4-5-6-7-8-9-10-11-12-13-14-15-16-17-18-19-20-21(30)22(33-2)24(26,27)25(28,29)23(31)32/h7-8,10-11,13-14,16-17,22H,3-6,9,12,15,18-20,29H2,1-2H3,(H,31,32)/b8-7-,11-10-,14-13-,17-16-. The summed E-state index contributed by atoms with van der Waals surface area (Å²) in [5.74, 6) is -12.2. The molecule has 2 atom stereocenters. The number of unbranched alkanes of at least 4 members (excludes halogenated alkanes) is 4. The Morgan fingerprint density at radius 3 is 1.76 bits per heavy atom. The first-order chi connectivity index (χ1) is 15.6. The lowest BCUT2D eigenvalue weighted by Gasteiger charge is -2.31. The molecule has 0 radical (unpaired) electrons. The first kappa shape index (κ1) is 31.2. The van der Waals surface area contributed by atoms with E-state index < -0.39 is 28.7 Å². The lowest BCUT2D eigenvalue weighted by molar-refractivity contribution is -0.184. The fourth-order valence-corrected chi connectivity index (χ4v) is 3.75. The summed E-state index contributed by atoms with van der Waals surface area (Å²) in [7, 11) is 0. The number of hydrogen-bond acceptors (Lipinski definition) is 4. The zero-order chi connectivity index (χ0) is 25.2. The van der Waals surface area contributed by atoms with E-state index in [1.54, 1.807) is 0 Å². The van der Waals surface area contributed by atoms with Gasteiger partial charge in [-0.25, -0.2) is 9.18 Å². The van der Waals surface area contributed by atoms with E-state index >= 15 is 0 Å². The molecule has 0 aliphatic carbocycles. The van der Waals surface area contributed by atoms with Crippen molar-refractivity contribution in [2.75, 3.05) is 6.26 Å². The van der Waals surface area contributed by atoms with Crippen LogP contribution in [0.4, 0.5) is 13.2 Å². The maximum Gasteiger partial charge on any atom is 0.363 e. The summed E-state index contributed by atoms with van der Waals surface area (Å²) in [5, 5.41) is 6.46. The summed E-state index contributed by atoms with van der Waals surface area (Å²) in [6.45, 7) is 2.19. The molecule has 2 unspecified atom stereocenters. The predicted octanol–water partition coefficient (Wildman–Crippen LogP) is 6.78. The van der Waals surface area contributed by atoms with Gasteiger partial charge in [-0.05, 0) is 51.2 Å². The number of rotatable bonds is 19. The van der Waals surface area contributed by atoms with Gasteiger partial charge < -0.3 is 5.11 Å². The van der Waals surface area contributed by atoms with E-state index in [-0.39, 0.29) is 6.42 Å². The number of carbonyl (C=O) groups is 2. The van der Waals surface area contributed by atoms with Gasteiger partial charge in [-0.2, -0.15) is 8.78 Å². The molecule has 188 valence electrons. The molecule has 0 aromatic rings. The van der Waals surface area contributed by atoms with Gasteiger partial charge in [-0.15, -0.1) is 11.8 Å². The van der Waals surface area contributed by atoms with Crippen molar-refractivity contribution in [1.82, 2.24) is 0 Å². The fraction of sp³-hybridized carbons (Fsp3) is 0.600. The maximum absolute atomic E-state index is 14.1. The van der Waals surface area contributed by atoms with Crippen LogP contribution in [0.25, 0.3) is 0 Å². The van der Waals surface area contributed by atoms with Crippen LogP contribution in [0.2, 0.25) is 0 Å². The summed E-state index contributed by atoms with van der Waals surface area (Å²) in [6, 6.07) is 0. The van der Waals surface area contributed by atoms with Crippen LogP contribution in [0.15, 0.2) is 48.6 Å². The zero-order valence-electron chi connectivity index (χ0n) is 19.7. The second kappa shape index (κ2) is 17.6. The number of Topliss-reactive ketones (excluding diaryl/α,β-unsaturated/α-hetero) is 1. The van der Waals surface area contributed by atoms with Crippen molar-refractivity contribution < 1.29 is 27.9 Å². The fourth-order valence-electron chi connectivity index (χ4n) is 2.90. The Labute approximate surface area is 200 Å². The number of halogens is 3. The molecule has 0 spiro atoms. The quantitative estimate of drug-likeness (QED) is 0.119. The third kappa shape index (κ3) is 12.3. The average Bonchev–Trinajstić information content (AvgIpc) is 2.75. The topological polar surface area (TPSA) is 80.4 Å². The van der Waals surface area contributed by atoms with E-state index in [1.807, 2.05) is 18.2 Å². The third-order valence-corrected chi connectivity index (χ3v) is 5.94. The van der Waals surface area contributed by atoms with Crippen molar-refractivity contribution >= 4 is 23.5 Å². The normalized spacial score (nSPS) is 15.7. The Morgan fingerprint density at radius 2 is 1.33 bits per heavy atom. The average molecular weight is 490 g/mol. The Kier molecular flexibility index (Phi) is 16.7. The minimum atomic E-state index is -4.52. The van der Waals surface area contributed by atoms with E-state index in [2.05, 4.69) is 43.0 Å². The van der Waals surface area contributed by atoms with Gasteiger partial charge in [0.2, 0.25) is 0 Å². The minimum absolute atomic E-state index is 0.213. The molecule has 0 amide bonds. The minimum Gasteiger partial charge on any atom is -0.478 e. The van der Waals surface area contributed by atoms with Gasteiger partial charge in [-0.1, -0.05) is 68.4 Å². The first-order valence-corrected chi connectivity index (χ1v) is 12.7. The number of nitrogens with two attached hydrogens (primary N) is 1. The van der Waals surface area contributed by atoms with Gasteiger partial charge in [0.05, 0.1) is 0 Å². The number of alkyl halides is 3. The molecule has 0 aromatic carbocycles. The predicted molar refractivity (Wildman–Crippen MR) is 131 cm³/mol. The molecule has 3 N–H and O–H groups in total. The van der Waals surface area contributed by atoms with Crippen molar-refractivity contribution in [1.29, 1.82) is 0 Å². The zero-order valence-corrected chi connectivity index (χ0v) is 20.5. The molecule has 0 aliphatic rings. The molecule has 0 aliphatic heterocycles. The summed E-state index contributed by atoms with van der Waals surface area (Å²) < 4.78 is 42.0. The molecule has 4 nitrogen and oxygen atoms in total. The van der Waals surface area contributed by atoms with E-state index in [0.717, 1.165) is 25.7 Å². The van der Waals surface area contributed by atoms with Crippen LogP contribution in [0.5, 0.6) is 0 Å². The highest BCUT2D eigenvalue weighted by Gasteiger charge is 2.64. The highest BCUT2D eigenvalue weighted by Crippen LogP contribution is 2.38. The van der Waals surface area contributed by atoms with E-state index in [9.17, 15) is 22.8 Å². The van der Waals surface area contributed by atoms with E-state index in [1.165, 1.54) is 25.5 Å². The van der Waals surface area contributed by atoms with Crippen LogP contribution in [0.1, 0.15) is 71.1 Å². The third-order valence-electron chi connectivity index (χ3n) is 4.91. The van der Waals surface area contributed by atoms with Gasteiger partial charge in [0.25, 0.3) is 0 Å². The molecule has 33 heavy (non-hydrogen) atoms. The van der Waals surface area contributed by atoms with Crippen molar-refractivity contribution in [2.45, 2.75) is 88.1 Å². The number of carboxylic acid groups (broad SMARTS) is 1. The molecule has 0 saturated carbocycles. The van der Waals surface area contributed by atoms with E-state index in [4.69, 9.17) is 5.11 Å². The number of hydrogen-bond donors (Lipinski definition) is 2. The van der Waals surface area contributed by atoms with Crippen LogP contribution in [0.3, 0.4) is 0 Å². The molecule has 8 heteroatoms. The van der Waals surface area contributed by atoms with Gasteiger partial charge in [0.1, 0.15) is 5.25 Å². The maximum atomic E-state index is 14.1. The van der Waals surface area contributed by atoms with Crippen LogP contribution in [-0.2, 0) is 9.59 Å². The monoisotopic (exact) mass is 489 g/mol. The molecule has 0 heterocycles. The van der Waals surface area contributed by atoms with Gasteiger partial charge in [0, 0.05) is 6.42 Å². The lowest BCUT2D eigenvalue weighted by Crippen LogP contribution is -2.63. The SMILES string of the molecule is CCCCC/C=C\C/C=C\C/C=C\C/C=C\CCCC(=O)C(SC)C(F)(F)C(N)(F)C(=O)O. The number of allylic oxidation sites excluding steroid dienone is 8. The van der Waals surface area contributed by atoms with Gasteiger partial charge in [-0.3, -0.25) is 10.5 Å². The van der Waals surface area contributed by atoms with Crippen molar-refractivity contribution in [3.05, 3.63) is 48.6 Å². The molecular formula is C25H38F3NO3S. The van der Waals surface area contributed by atoms with Crippen molar-refractivity contribution in [2.24, 2.45) is 5.73 Å². The highest BCUT2D eigenvalue weighted by molar-refractivity contribution is 8.00. The molecule has 0 fully saturated rings. The van der Waals surface area contributed by atoms with Crippen LogP contribution >= 0.6 is 11.8 Å². The smallest absolute Gasteiger partial charge is 0.363 e. The number of aliphatic carboxylic acids is 1. The Morgan fingerprint density at radius 1 is 0.879 bits per heavy atom. The molecular weight excluding hydrogens is 451 g/mol. The number of thioether (sulfide) groups is 1. The van der Waals surface area contributed by atoms with Crippen LogP contribution in [-0.4, -0.2) is 40.1 Å². The number of carbonyl (C=O) groups excluding carboxylic acids is 1. The summed E-state index contributed by atoms with van der Waals surface area (Å²) in [6.07, 6.45) is 25.7. The second-order valence-corrected chi connectivity index (χ2v) is 8.65. The largest absolute Gasteiger partial charge is 0.478 e. The molecule has 0 aromatic heterocycles. The summed E-state index contributed by atoms with van der Waals surface area (Å²) in [4.78, 5) is 22.8. The molecule has 0 bridgehead atoms.